The van der Waals surface area contributed by atoms with Gasteiger partial charge in [-0.05, 0) is 48.4 Å². The summed E-state index contributed by atoms with van der Waals surface area (Å²) in [5.41, 5.74) is 2.79. The topological polar surface area (TPSA) is 111 Å². The number of carbonyl (C=O) groups excluding carboxylic acids is 2. The van der Waals surface area contributed by atoms with E-state index in [1.165, 1.54) is 0 Å². The predicted octanol–water partition coefficient (Wildman–Crippen LogP) is 4.09. The second-order valence-electron chi connectivity index (χ2n) is 8.49. The van der Waals surface area contributed by atoms with Gasteiger partial charge in [-0.15, -0.1) is 0 Å². The number of fused-ring (bicyclic) bond motifs is 2. The first kappa shape index (κ1) is 22.5. The minimum atomic E-state index is -0.500. The standard InChI is InChI=1S/C26H26N4O5/c1-15-20-13-18(34-22-11-12-27-24-19(22)8-10-23(31)29-24)7-9-21(20)35-25(15)30-26(32)28-14-16-3-5-17(33-2)6-4-16/h3-7,9,11-13,15,25H,8,10,14H2,1-2H3,(H,27,29,31)(H2,28,30,32)/t15-,25+/m0/s1. The van der Waals surface area contributed by atoms with E-state index in [0.717, 1.165) is 22.4 Å². The molecule has 35 heavy (non-hydrogen) atoms. The molecule has 2 aromatic carbocycles. The summed E-state index contributed by atoms with van der Waals surface area (Å²) in [5.74, 6) is 3.20. The van der Waals surface area contributed by atoms with E-state index >= 15 is 0 Å². The number of urea groups is 1. The lowest BCUT2D eigenvalue weighted by atomic mass is 10.0. The number of carbonyl (C=O) groups is 2. The smallest absolute Gasteiger partial charge is 0.317 e. The second-order valence-corrected chi connectivity index (χ2v) is 8.49. The second kappa shape index (κ2) is 9.54. The number of hydrogen-bond acceptors (Lipinski definition) is 6. The normalized spacial score (nSPS) is 17.9. The molecule has 2 aliphatic heterocycles. The molecular weight excluding hydrogens is 448 g/mol. The van der Waals surface area contributed by atoms with E-state index < -0.39 is 6.23 Å². The molecule has 180 valence electrons. The van der Waals surface area contributed by atoms with Gasteiger partial charge in [0, 0.05) is 36.2 Å². The van der Waals surface area contributed by atoms with Crippen LogP contribution >= 0.6 is 0 Å². The number of amides is 3. The molecule has 5 rings (SSSR count). The lowest BCUT2D eigenvalue weighted by Crippen LogP contribution is -2.45. The first-order valence-electron chi connectivity index (χ1n) is 11.4. The number of ether oxygens (including phenoxy) is 3. The van der Waals surface area contributed by atoms with Crippen molar-refractivity contribution in [3.63, 3.8) is 0 Å². The molecule has 9 nitrogen and oxygen atoms in total. The van der Waals surface area contributed by atoms with Crippen LogP contribution in [-0.2, 0) is 17.8 Å². The van der Waals surface area contributed by atoms with E-state index in [9.17, 15) is 9.59 Å². The van der Waals surface area contributed by atoms with Gasteiger partial charge in [0.15, 0.2) is 6.23 Å². The first-order valence-corrected chi connectivity index (χ1v) is 11.4. The van der Waals surface area contributed by atoms with Crippen molar-refractivity contribution in [1.29, 1.82) is 0 Å². The predicted molar refractivity (Wildman–Crippen MR) is 129 cm³/mol. The van der Waals surface area contributed by atoms with E-state index in [1.807, 2.05) is 49.4 Å². The zero-order valence-electron chi connectivity index (χ0n) is 19.5. The number of benzene rings is 2. The molecule has 2 aliphatic rings. The number of nitrogens with zero attached hydrogens (tertiary/aromatic N) is 1. The monoisotopic (exact) mass is 474 g/mol. The minimum Gasteiger partial charge on any atom is -0.497 e. The Morgan fingerprint density at radius 1 is 1.14 bits per heavy atom. The third-order valence-corrected chi connectivity index (χ3v) is 6.17. The molecule has 3 amide bonds. The van der Waals surface area contributed by atoms with Gasteiger partial charge in [-0.25, -0.2) is 9.78 Å². The van der Waals surface area contributed by atoms with E-state index in [0.29, 0.717) is 42.5 Å². The minimum absolute atomic E-state index is 0.0442. The average Bonchev–Trinajstić information content (AvgIpc) is 3.17. The summed E-state index contributed by atoms with van der Waals surface area (Å²) in [6.07, 6.45) is 2.09. The summed E-state index contributed by atoms with van der Waals surface area (Å²) >= 11 is 0. The fraction of sp³-hybridized carbons (Fsp3) is 0.269. The zero-order chi connectivity index (χ0) is 24.4. The van der Waals surface area contributed by atoms with Crippen LogP contribution in [0.1, 0.15) is 36.0 Å². The number of rotatable bonds is 6. The molecule has 9 heteroatoms. The average molecular weight is 475 g/mol. The molecule has 0 aliphatic carbocycles. The SMILES string of the molecule is COc1ccc(CNC(=O)N[C@@H]2Oc3ccc(Oc4ccnc5c4CCC(=O)N5)cc3[C@@H]2C)cc1. The molecule has 0 saturated heterocycles. The van der Waals surface area contributed by atoms with Gasteiger partial charge in [-0.1, -0.05) is 19.1 Å². The summed E-state index contributed by atoms with van der Waals surface area (Å²) in [4.78, 5) is 28.4. The van der Waals surface area contributed by atoms with Gasteiger partial charge in [0.2, 0.25) is 5.91 Å². The Labute approximate surface area is 202 Å². The summed E-state index contributed by atoms with van der Waals surface area (Å²) in [6.45, 7) is 2.38. The van der Waals surface area contributed by atoms with Crippen LogP contribution in [0.25, 0.3) is 0 Å². The molecule has 3 N–H and O–H groups in total. The molecule has 0 bridgehead atoms. The Balaban J connectivity index is 1.21. The van der Waals surface area contributed by atoms with Crippen molar-refractivity contribution >= 4 is 17.8 Å². The highest BCUT2D eigenvalue weighted by Gasteiger charge is 2.32. The number of pyridine rings is 1. The Hall–Kier alpha value is -4.27. The summed E-state index contributed by atoms with van der Waals surface area (Å²) in [6, 6.07) is 14.6. The molecule has 2 atom stereocenters. The molecule has 3 heterocycles. The summed E-state index contributed by atoms with van der Waals surface area (Å²) in [5, 5.41) is 8.53. The van der Waals surface area contributed by atoms with Gasteiger partial charge in [-0.3, -0.25) is 4.79 Å². The molecule has 0 unspecified atom stereocenters. The van der Waals surface area contributed by atoms with Gasteiger partial charge < -0.3 is 30.2 Å². The van der Waals surface area contributed by atoms with Gasteiger partial charge in [0.05, 0.1) is 7.11 Å². The zero-order valence-corrected chi connectivity index (χ0v) is 19.5. The van der Waals surface area contributed by atoms with Crippen LogP contribution in [0, 0.1) is 0 Å². The number of hydrogen-bond donors (Lipinski definition) is 3. The summed E-state index contributed by atoms with van der Waals surface area (Å²) < 4.78 is 17.3. The fourth-order valence-corrected chi connectivity index (χ4v) is 4.20. The number of anilines is 1. The van der Waals surface area contributed by atoms with Gasteiger partial charge >= 0.3 is 6.03 Å². The van der Waals surface area contributed by atoms with Crippen molar-refractivity contribution in [2.75, 3.05) is 12.4 Å². The highest BCUT2D eigenvalue weighted by atomic mass is 16.5. The highest BCUT2D eigenvalue weighted by Crippen LogP contribution is 2.41. The Kier molecular flexibility index (Phi) is 6.13. The number of aromatic nitrogens is 1. The van der Waals surface area contributed by atoms with Crippen LogP contribution in [0.5, 0.6) is 23.0 Å². The van der Waals surface area contributed by atoms with Crippen molar-refractivity contribution in [1.82, 2.24) is 15.6 Å². The van der Waals surface area contributed by atoms with E-state index in [4.69, 9.17) is 14.2 Å². The molecule has 1 aromatic heterocycles. The summed E-state index contributed by atoms with van der Waals surface area (Å²) in [7, 11) is 1.61. The third kappa shape index (κ3) is 4.84. The maximum absolute atomic E-state index is 12.5. The van der Waals surface area contributed by atoms with Crippen LogP contribution in [0.15, 0.2) is 54.7 Å². The molecule has 0 spiro atoms. The molecule has 0 saturated carbocycles. The molecular formula is C26H26N4O5. The Bertz CT molecular complexity index is 1260. The van der Waals surface area contributed by atoms with Crippen molar-refractivity contribution in [2.24, 2.45) is 0 Å². The van der Waals surface area contributed by atoms with Crippen molar-refractivity contribution in [2.45, 2.75) is 38.5 Å². The van der Waals surface area contributed by atoms with Crippen LogP contribution in [-0.4, -0.2) is 30.3 Å². The van der Waals surface area contributed by atoms with Gasteiger partial charge in [-0.2, -0.15) is 0 Å². The Morgan fingerprint density at radius 2 is 1.94 bits per heavy atom. The van der Waals surface area contributed by atoms with Crippen LogP contribution < -0.4 is 30.2 Å². The van der Waals surface area contributed by atoms with E-state index in [-0.39, 0.29) is 17.9 Å². The molecule has 0 fully saturated rings. The maximum atomic E-state index is 12.5. The third-order valence-electron chi connectivity index (χ3n) is 6.17. The Morgan fingerprint density at radius 3 is 2.74 bits per heavy atom. The van der Waals surface area contributed by atoms with E-state index in [1.54, 1.807) is 19.4 Å². The van der Waals surface area contributed by atoms with Crippen molar-refractivity contribution in [3.8, 4) is 23.0 Å². The first-order chi connectivity index (χ1) is 17.0. The van der Waals surface area contributed by atoms with Gasteiger partial charge in [0.25, 0.3) is 0 Å². The lowest BCUT2D eigenvalue weighted by Gasteiger charge is -2.19. The number of methoxy groups -OCH3 is 1. The quantitative estimate of drug-likeness (QED) is 0.496. The van der Waals surface area contributed by atoms with Crippen LogP contribution in [0.4, 0.5) is 10.6 Å². The highest BCUT2D eigenvalue weighted by molar-refractivity contribution is 5.93. The van der Waals surface area contributed by atoms with Gasteiger partial charge in [0.1, 0.15) is 28.8 Å². The molecule has 0 radical (unpaired) electrons. The van der Waals surface area contributed by atoms with Crippen molar-refractivity contribution in [3.05, 3.63) is 71.4 Å². The van der Waals surface area contributed by atoms with Crippen LogP contribution in [0.2, 0.25) is 0 Å². The van der Waals surface area contributed by atoms with Crippen molar-refractivity contribution < 1.29 is 23.8 Å². The number of nitrogens with one attached hydrogen (secondary N) is 3. The van der Waals surface area contributed by atoms with E-state index in [2.05, 4.69) is 20.9 Å². The lowest BCUT2D eigenvalue weighted by molar-refractivity contribution is -0.116. The fourth-order valence-electron chi connectivity index (χ4n) is 4.20. The largest absolute Gasteiger partial charge is 0.497 e. The molecule has 3 aromatic rings. The maximum Gasteiger partial charge on any atom is 0.317 e. The van der Waals surface area contributed by atoms with Crippen LogP contribution in [0.3, 0.4) is 0 Å².